The van der Waals surface area contributed by atoms with E-state index >= 15 is 0 Å². The van der Waals surface area contributed by atoms with Crippen LogP contribution in [0.25, 0.3) is 0 Å². The number of hydrogen-bond acceptors (Lipinski definition) is 0. The van der Waals surface area contributed by atoms with Crippen LogP contribution in [0.3, 0.4) is 0 Å². The second-order valence-corrected chi connectivity index (χ2v) is 5.19. The second kappa shape index (κ2) is 2.75. The molecule has 0 heterocycles. The van der Waals surface area contributed by atoms with Gasteiger partial charge in [-0.25, -0.2) is 0 Å². The van der Waals surface area contributed by atoms with Crippen molar-refractivity contribution in [2.45, 2.75) is 52.9 Å². The molecule has 2 aliphatic carbocycles. The standard InChI is InChI=1S/C12H22/c1-4-12(8-7-10(12)3)11-6-5-9(11)2/h9-11H,4-8H2,1-3H3. The van der Waals surface area contributed by atoms with Gasteiger partial charge in [-0.3, -0.25) is 0 Å². The van der Waals surface area contributed by atoms with Gasteiger partial charge in [0.15, 0.2) is 0 Å². The van der Waals surface area contributed by atoms with Crippen LogP contribution in [-0.2, 0) is 0 Å². The van der Waals surface area contributed by atoms with Crippen molar-refractivity contribution < 1.29 is 0 Å². The van der Waals surface area contributed by atoms with Crippen LogP contribution in [0.5, 0.6) is 0 Å². The van der Waals surface area contributed by atoms with E-state index in [-0.39, 0.29) is 0 Å². The summed E-state index contributed by atoms with van der Waals surface area (Å²) < 4.78 is 0. The fourth-order valence-electron chi connectivity index (χ4n) is 3.66. The third-order valence-electron chi connectivity index (χ3n) is 5.04. The van der Waals surface area contributed by atoms with Crippen molar-refractivity contribution in [1.29, 1.82) is 0 Å². The first-order valence-electron chi connectivity index (χ1n) is 5.70. The van der Waals surface area contributed by atoms with E-state index in [1.54, 1.807) is 0 Å². The maximum absolute atomic E-state index is 2.47. The summed E-state index contributed by atoms with van der Waals surface area (Å²) in [5.74, 6) is 3.15. The summed E-state index contributed by atoms with van der Waals surface area (Å²) in [6, 6.07) is 0. The molecule has 70 valence electrons. The van der Waals surface area contributed by atoms with Gasteiger partial charge in [-0.1, -0.05) is 27.2 Å². The third kappa shape index (κ3) is 0.900. The van der Waals surface area contributed by atoms with Crippen molar-refractivity contribution in [3.8, 4) is 0 Å². The topological polar surface area (TPSA) is 0 Å². The maximum Gasteiger partial charge on any atom is -0.0243 e. The van der Waals surface area contributed by atoms with E-state index in [1.807, 2.05) is 0 Å². The van der Waals surface area contributed by atoms with Crippen molar-refractivity contribution in [1.82, 2.24) is 0 Å². The minimum Gasteiger partial charge on any atom is -0.0648 e. The normalized spacial score (nSPS) is 52.8. The highest BCUT2D eigenvalue weighted by Crippen LogP contribution is 2.61. The summed E-state index contributed by atoms with van der Waals surface area (Å²) >= 11 is 0. The van der Waals surface area contributed by atoms with Crippen molar-refractivity contribution in [2.75, 3.05) is 0 Å². The Balaban J connectivity index is 2.07. The van der Waals surface area contributed by atoms with Crippen LogP contribution in [0.2, 0.25) is 0 Å². The zero-order valence-corrected chi connectivity index (χ0v) is 8.77. The molecule has 0 heteroatoms. The first-order valence-corrected chi connectivity index (χ1v) is 5.70. The Labute approximate surface area is 76.7 Å². The minimum atomic E-state index is 0.789. The molecule has 0 saturated heterocycles. The Kier molecular flexibility index (Phi) is 1.97. The molecule has 0 N–H and O–H groups in total. The van der Waals surface area contributed by atoms with Crippen LogP contribution in [0.15, 0.2) is 0 Å². The van der Waals surface area contributed by atoms with Gasteiger partial charge in [0.25, 0.3) is 0 Å². The molecular weight excluding hydrogens is 144 g/mol. The molecule has 0 aromatic rings. The summed E-state index contributed by atoms with van der Waals surface area (Å²) in [7, 11) is 0. The van der Waals surface area contributed by atoms with Crippen LogP contribution < -0.4 is 0 Å². The van der Waals surface area contributed by atoms with Crippen LogP contribution in [-0.4, -0.2) is 0 Å². The summed E-state index contributed by atoms with van der Waals surface area (Å²) in [4.78, 5) is 0. The Hall–Kier alpha value is 0. The second-order valence-electron chi connectivity index (χ2n) is 5.19. The highest BCUT2D eigenvalue weighted by Gasteiger charge is 2.52. The van der Waals surface area contributed by atoms with Crippen LogP contribution >= 0.6 is 0 Å². The molecule has 0 amide bonds. The van der Waals surface area contributed by atoms with Gasteiger partial charge < -0.3 is 0 Å². The molecule has 0 nitrogen and oxygen atoms in total. The van der Waals surface area contributed by atoms with Gasteiger partial charge in [0, 0.05) is 0 Å². The van der Waals surface area contributed by atoms with Crippen molar-refractivity contribution in [3.63, 3.8) is 0 Å². The van der Waals surface area contributed by atoms with Crippen LogP contribution in [0.4, 0.5) is 0 Å². The molecule has 0 aliphatic heterocycles. The van der Waals surface area contributed by atoms with Crippen molar-refractivity contribution in [3.05, 3.63) is 0 Å². The summed E-state index contributed by atoms with van der Waals surface area (Å²) in [6.07, 6.45) is 7.48. The van der Waals surface area contributed by atoms with Gasteiger partial charge in [0.05, 0.1) is 0 Å². The minimum absolute atomic E-state index is 0.789. The fourth-order valence-corrected chi connectivity index (χ4v) is 3.66. The number of hydrogen-bond donors (Lipinski definition) is 0. The van der Waals surface area contributed by atoms with Gasteiger partial charge in [0.1, 0.15) is 0 Å². The monoisotopic (exact) mass is 166 g/mol. The molecule has 0 radical (unpaired) electrons. The van der Waals surface area contributed by atoms with E-state index in [1.165, 1.54) is 32.1 Å². The van der Waals surface area contributed by atoms with Gasteiger partial charge in [-0.2, -0.15) is 0 Å². The summed E-state index contributed by atoms with van der Waals surface area (Å²) in [6.45, 7) is 7.33. The maximum atomic E-state index is 2.47. The predicted octanol–water partition coefficient (Wildman–Crippen LogP) is 3.86. The Morgan fingerprint density at radius 3 is 2.00 bits per heavy atom. The molecule has 2 saturated carbocycles. The quantitative estimate of drug-likeness (QED) is 0.584. The van der Waals surface area contributed by atoms with E-state index in [4.69, 9.17) is 0 Å². The molecule has 4 unspecified atom stereocenters. The lowest BCUT2D eigenvalue weighted by molar-refractivity contribution is -0.0890. The first kappa shape index (κ1) is 8.59. The molecule has 0 spiro atoms. The molecule has 12 heavy (non-hydrogen) atoms. The van der Waals surface area contributed by atoms with Crippen molar-refractivity contribution in [2.24, 2.45) is 23.2 Å². The largest absolute Gasteiger partial charge is 0.0648 e. The molecule has 4 atom stereocenters. The molecule has 0 bridgehead atoms. The molecule has 2 aliphatic rings. The van der Waals surface area contributed by atoms with Crippen molar-refractivity contribution >= 4 is 0 Å². The lowest BCUT2D eigenvalue weighted by atomic mass is 9.46. The van der Waals surface area contributed by atoms with E-state index in [9.17, 15) is 0 Å². The molecular formula is C12H22. The average molecular weight is 166 g/mol. The van der Waals surface area contributed by atoms with E-state index < -0.39 is 0 Å². The molecule has 2 rings (SSSR count). The summed E-state index contributed by atoms with van der Waals surface area (Å²) in [5, 5.41) is 0. The lowest BCUT2D eigenvalue weighted by Crippen LogP contribution is -2.50. The predicted molar refractivity (Wildman–Crippen MR) is 53.0 cm³/mol. The third-order valence-corrected chi connectivity index (χ3v) is 5.04. The SMILES string of the molecule is CCC1(C2CCC2C)CCC1C. The highest BCUT2D eigenvalue weighted by atomic mass is 14.6. The Bertz CT molecular complexity index is 169. The van der Waals surface area contributed by atoms with Gasteiger partial charge >= 0.3 is 0 Å². The Morgan fingerprint density at radius 2 is 1.92 bits per heavy atom. The summed E-state index contributed by atoms with van der Waals surface area (Å²) in [5.41, 5.74) is 0.789. The first-order chi connectivity index (χ1) is 5.70. The lowest BCUT2D eigenvalue weighted by Gasteiger charge is -2.58. The van der Waals surface area contributed by atoms with E-state index in [0.717, 1.165) is 23.2 Å². The zero-order chi connectivity index (χ0) is 8.77. The van der Waals surface area contributed by atoms with Gasteiger partial charge in [-0.05, 0) is 48.9 Å². The van der Waals surface area contributed by atoms with Crippen LogP contribution in [0, 0.1) is 23.2 Å². The Morgan fingerprint density at radius 1 is 1.17 bits per heavy atom. The van der Waals surface area contributed by atoms with E-state index in [2.05, 4.69) is 20.8 Å². The van der Waals surface area contributed by atoms with Gasteiger partial charge in [-0.15, -0.1) is 0 Å². The highest BCUT2D eigenvalue weighted by molar-refractivity contribution is 5.01. The molecule has 0 aromatic carbocycles. The van der Waals surface area contributed by atoms with Crippen LogP contribution in [0.1, 0.15) is 52.9 Å². The van der Waals surface area contributed by atoms with E-state index in [0.29, 0.717) is 0 Å². The molecule has 0 aromatic heterocycles. The molecule has 2 fully saturated rings. The zero-order valence-electron chi connectivity index (χ0n) is 8.77. The fraction of sp³-hybridized carbons (Fsp3) is 1.00. The smallest absolute Gasteiger partial charge is 0.0243 e. The number of rotatable bonds is 2. The van der Waals surface area contributed by atoms with Gasteiger partial charge in [0.2, 0.25) is 0 Å². The average Bonchev–Trinajstić information content (AvgIpc) is 2.08.